The number of amides is 1. The van der Waals surface area contributed by atoms with Crippen LogP contribution in [0.5, 0.6) is 5.75 Å². The summed E-state index contributed by atoms with van der Waals surface area (Å²) in [5.74, 6) is 0.216. The van der Waals surface area contributed by atoms with Crippen molar-refractivity contribution >= 4 is 28.9 Å². The Labute approximate surface area is 170 Å². The van der Waals surface area contributed by atoms with Crippen LogP contribution in [0.25, 0.3) is 0 Å². The van der Waals surface area contributed by atoms with E-state index in [2.05, 4.69) is 15.1 Å². The Bertz CT molecular complexity index is 836. The van der Waals surface area contributed by atoms with Gasteiger partial charge in [0.2, 0.25) is 5.91 Å². The topological polar surface area (TPSA) is 44.8 Å². The fraction of sp³-hybridized carbons (Fsp3) is 0.381. The molecule has 0 saturated carbocycles. The summed E-state index contributed by atoms with van der Waals surface area (Å²) in [4.78, 5) is 17.1. The van der Waals surface area contributed by atoms with Gasteiger partial charge in [-0.3, -0.25) is 9.69 Å². The Morgan fingerprint density at radius 1 is 1.18 bits per heavy atom. The summed E-state index contributed by atoms with van der Waals surface area (Å²) >= 11 is 6.13. The van der Waals surface area contributed by atoms with Crippen LogP contribution in [0.3, 0.4) is 0 Å². The van der Waals surface area contributed by atoms with Gasteiger partial charge in [-0.1, -0.05) is 11.6 Å². The summed E-state index contributed by atoms with van der Waals surface area (Å²) in [7, 11) is 1.55. The van der Waals surface area contributed by atoms with Crippen LogP contribution in [0.1, 0.15) is 12.5 Å². The summed E-state index contributed by atoms with van der Waals surface area (Å²) < 4.78 is 18.4. The number of nitrogens with zero attached hydrogens (tertiary/aromatic N) is 2. The first kappa shape index (κ1) is 20.4. The van der Waals surface area contributed by atoms with Gasteiger partial charge in [0, 0.05) is 43.0 Å². The molecule has 150 valence electrons. The van der Waals surface area contributed by atoms with Gasteiger partial charge in [0.15, 0.2) is 0 Å². The molecule has 1 amide bonds. The highest BCUT2D eigenvalue weighted by atomic mass is 35.5. The van der Waals surface area contributed by atoms with Crippen molar-refractivity contribution in [3.8, 4) is 5.75 Å². The maximum Gasteiger partial charge on any atom is 0.241 e. The third kappa shape index (κ3) is 4.56. The summed E-state index contributed by atoms with van der Waals surface area (Å²) in [6, 6.07) is 9.76. The van der Waals surface area contributed by atoms with Gasteiger partial charge in [-0.2, -0.15) is 0 Å². The molecule has 0 spiro atoms. The number of methoxy groups -OCH3 is 1. The molecule has 3 rings (SSSR count). The van der Waals surface area contributed by atoms with Crippen LogP contribution in [0.4, 0.5) is 15.8 Å². The highest BCUT2D eigenvalue weighted by Gasteiger charge is 2.26. The molecule has 1 heterocycles. The molecule has 1 atom stereocenters. The Morgan fingerprint density at radius 2 is 1.82 bits per heavy atom. The minimum atomic E-state index is -0.281. The predicted molar refractivity (Wildman–Crippen MR) is 111 cm³/mol. The van der Waals surface area contributed by atoms with Crippen LogP contribution in [-0.4, -0.2) is 50.1 Å². The molecule has 28 heavy (non-hydrogen) atoms. The van der Waals surface area contributed by atoms with Crippen molar-refractivity contribution in [2.24, 2.45) is 0 Å². The number of carbonyl (C=O) groups excluding carboxylic acids is 1. The van der Waals surface area contributed by atoms with Crippen molar-refractivity contribution in [1.82, 2.24) is 4.90 Å². The SMILES string of the molecule is COc1cc(Cl)c(C)cc1NC(=O)[C@H](C)N1CCN(c2ccc(F)cc2)CC1. The van der Waals surface area contributed by atoms with Gasteiger partial charge in [-0.25, -0.2) is 4.39 Å². The minimum absolute atomic E-state index is 0.0877. The monoisotopic (exact) mass is 405 g/mol. The number of hydrogen-bond donors (Lipinski definition) is 1. The van der Waals surface area contributed by atoms with E-state index in [-0.39, 0.29) is 17.8 Å². The molecule has 0 aliphatic carbocycles. The van der Waals surface area contributed by atoms with Crippen LogP contribution in [-0.2, 0) is 4.79 Å². The van der Waals surface area contributed by atoms with E-state index < -0.39 is 0 Å². The molecular weight excluding hydrogens is 381 g/mol. The summed E-state index contributed by atoms with van der Waals surface area (Å²) in [5.41, 5.74) is 2.49. The molecule has 1 fully saturated rings. The normalized spacial score (nSPS) is 16.0. The van der Waals surface area contributed by atoms with Crippen molar-refractivity contribution in [3.63, 3.8) is 0 Å². The van der Waals surface area contributed by atoms with Gasteiger partial charge < -0.3 is 15.0 Å². The molecule has 5 nitrogen and oxygen atoms in total. The third-order valence-corrected chi connectivity index (χ3v) is 5.58. The highest BCUT2D eigenvalue weighted by molar-refractivity contribution is 6.31. The molecule has 1 saturated heterocycles. The average molecular weight is 406 g/mol. The number of hydrogen-bond acceptors (Lipinski definition) is 4. The highest BCUT2D eigenvalue weighted by Crippen LogP contribution is 2.31. The fourth-order valence-corrected chi connectivity index (χ4v) is 3.51. The van der Waals surface area contributed by atoms with E-state index >= 15 is 0 Å². The van der Waals surface area contributed by atoms with Crippen molar-refractivity contribution < 1.29 is 13.9 Å². The smallest absolute Gasteiger partial charge is 0.241 e. The van der Waals surface area contributed by atoms with Crippen LogP contribution >= 0.6 is 11.6 Å². The molecule has 1 N–H and O–H groups in total. The first-order valence-electron chi connectivity index (χ1n) is 9.28. The van der Waals surface area contributed by atoms with E-state index in [1.807, 2.05) is 19.9 Å². The largest absolute Gasteiger partial charge is 0.495 e. The second kappa shape index (κ2) is 8.80. The zero-order valence-electron chi connectivity index (χ0n) is 16.3. The number of anilines is 2. The Hall–Kier alpha value is -2.31. The van der Waals surface area contributed by atoms with Gasteiger partial charge in [0.05, 0.1) is 18.8 Å². The molecule has 2 aromatic carbocycles. The minimum Gasteiger partial charge on any atom is -0.495 e. The average Bonchev–Trinajstić information content (AvgIpc) is 2.70. The lowest BCUT2D eigenvalue weighted by molar-refractivity contribution is -0.120. The second-order valence-corrected chi connectivity index (χ2v) is 7.37. The van der Waals surface area contributed by atoms with Gasteiger partial charge in [-0.15, -0.1) is 0 Å². The second-order valence-electron chi connectivity index (χ2n) is 6.97. The summed E-state index contributed by atoms with van der Waals surface area (Å²) in [6.45, 7) is 6.86. The molecule has 0 radical (unpaired) electrons. The van der Waals surface area contributed by atoms with E-state index in [0.717, 1.165) is 37.4 Å². The van der Waals surface area contributed by atoms with E-state index in [1.54, 1.807) is 25.3 Å². The van der Waals surface area contributed by atoms with Crippen LogP contribution in [0, 0.1) is 12.7 Å². The van der Waals surface area contributed by atoms with Gasteiger partial charge in [-0.05, 0) is 49.7 Å². The van der Waals surface area contributed by atoms with Gasteiger partial charge >= 0.3 is 0 Å². The van der Waals surface area contributed by atoms with Crippen molar-refractivity contribution in [3.05, 3.63) is 52.8 Å². The number of nitrogens with one attached hydrogen (secondary N) is 1. The molecule has 1 aliphatic rings. The maximum absolute atomic E-state index is 13.1. The lowest BCUT2D eigenvalue weighted by Crippen LogP contribution is -2.52. The van der Waals surface area contributed by atoms with Crippen molar-refractivity contribution in [2.75, 3.05) is 43.5 Å². The van der Waals surface area contributed by atoms with Gasteiger partial charge in [0.1, 0.15) is 11.6 Å². The Kier molecular flexibility index (Phi) is 6.42. The third-order valence-electron chi connectivity index (χ3n) is 5.17. The first-order chi connectivity index (χ1) is 13.4. The number of carbonyl (C=O) groups is 1. The molecule has 0 aromatic heterocycles. The van der Waals surface area contributed by atoms with E-state index in [1.165, 1.54) is 12.1 Å². The van der Waals surface area contributed by atoms with Gasteiger partial charge in [0.25, 0.3) is 0 Å². The summed E-state index contributed by atoms with van der Waals surface area (Å²) in [6.07, 6.45) is 0. The Balaban J connectivity index is 1.60. The summed E-state index contributed by atoms with van der Waals surface area (Å²) in [5, 5.41) is 3.55. The molecular formula is C21H25ClFN3O2. The molecule has 7 heteroatoms. The van der Waals surface area contributed by atoms with Crippen molar-refractivity contribution in [2.45, 2.75) is 19.9 Å². The van der Waals surface area contributed by atoms with E-state index in [9.17, 15) is 9.18 Å². The van der Waals surface area contributed by atoms with Crippen LogP contribution in [0.15, 0.2) is 36.4 Å². The predicted octanol–water partition coefficient (Wildman–Crippen LogP) is 3.95. The van der Waals surface area contributed by atoms with E-state index in [0.29, 0.717) is 16.5 Å². The Morgan fingerprint density at radius 3 is 2.43 bits per heavy atom. The number of rotatable bonds is 5. The van der Waals surface area contributed by atoms with Crippen LogP contribution < -0.4 is 15.0 Å². The first-order valence-corrected chi connectivity index (χ1v) is 9.66. The zero-order chi connectivity index (χ0) is 20.3. The number of aryl methyl sites for hydroxylation is 1. The van der Waals surface area contributed by atoms with Crippen LogP contribution in [0.2, 0.25) is 5.02 Å². The zero-order valence-corrected chi connectivity index (χ0v) is 17.1. The molecule has 0 unspecified atom stereocenters. The molecule has 0 bridgehead atoms. The quantitative estimate of drug-likeness (QED) is 0.818. The fourth-order valence-electron chi connectivity index (χ4n) is 3.35. The number of ether oxygens (including phenoxy) is 1. The molecule has 1 aliphatic heterocycles. The maximum atomic E-state index is 13.1. The number of piperazine rings is 1. The lowest BCUT2D eigenvalue weighted by atomic mass is 10.1. The number of halogens is 2. The number of benzene rings is 2. The van der Waals surface area contributed by atoms with E-state index in [4.69, 9.17) is 16.3 Å². The standard InChI is InChI=1S/C21H25ClFN3O2/c1-14-12-19(20(28-3)13-18(14)22)24-21(27)15(2)25-8-10-26(11-9-25)17-6-4-16(23)5-7-17/h4-7,12-13,15H,8-11H2,1-3H3,(H,24,27)/t15-/m0/s1. The van der Waals surface area contributed by atoms with Crippen molar-refractivity contribution in [1.29, 1.82) is 0 Å². The lowest BCUT2D eigenvalue weighted by Gasteiger charge is -2.38. The molecule has 2 aromatic rings.